The van der Waals surface area contributed by atoms with E-state index in [1.54, 1.807) is 0 Å². The minimum Gasteiger partial charge on any atom is -0.314 e. The van der Waals surface area contributed by atoms with Gasteiger partial charge in [0.1, 0.15) is 0 Å². The van der Waals surface area contributed by atoms with Crippen LogP contribution in [0.1, 0.15) is 65.7 Å². The molecule has 2 fully saturated rings. The first-order chi connectivity index (χ1) is 9.11. The van der Waals surface area contributed by atoms with Crippen LogP contribution in [0.15, 0.2) is 0 Å². The van der Waals surface area contributed by atoms with E-state index in [9.17, 15) is 0 Å². The fourth-order valence-electron chi connectivity index (χ4n) is 4.00. The highest BCUT2D eigenvalue weighted by Crippen LogP contribution is 2.36. The topological polar surface area (TPSA) is 15.3 Å². The van der Waals surface area contributed by atoms with Gasteiger partial charge in [0.2, 0.25) is 0 Å². The Balaban J connectivity index is 1.89. The molecule has 0 aromatic rings. The molecule has 2 unspecified atom stereocenters. The predicted octanol–water partition coefficient (Wildman–Crippen LogP) is 3.67. The van der Waals surface area contributed by atoms with E-state index in [2.05, 4.69) is 31.0 Å². The fourth-order valence-corrected chi connectivity index (χ4v) is 4.00. The second kappa shape index (κ2) is 7.08. The smallest absolute Gasteiger partial charge is 0.00767 e. The number of hydrogen-bond donors (Lipinski definition) is 1. The molecule has 0 radical (unpaired) electrons. The quantitative estimate of drug-likeness (QED) is 0.838. The summed E-state index contributed by atoms with van der Waals surface area (Å²) in [4.78, 5) is 2.78. The lowest BCUT2D eigenvalue weighted by Crippen LogP contribution is -2.46. The van der Waals surface area contributed by atoms with Gasteiger partial charge in [0.15, 0.2) is 0 Å². The van der Waals surface area contributed by atoms with Crippen LogP contribution in [0.3, 0.4) is 0 Å². The molecule has 0 aromatic heterocycles. The van der Waals surface area contributed by atoms with Gasteiger partial charge in [-0.2, -0.15) is 0 Å². The molecular formula is C17H34N2. The lowest BCUT2D eigenvalue weighted by atomic mass is 9.75. The highest BCUT2D eigenvalue weighted by molar-refractivity contribution is 4.84. The Morgan fingerprint density at radius 1 is 1.21 bits per heavy atom. The van der Waals surface area contributed by atoms with Crippen LogP contribution in [0.4, 0.5) is 0 Å². The normalized spacial score (nSPS) is 33.6. The molecule has 1 heterocycles. The Bertz CT molecular complexity index is 258. The van der Waals surface area contributed by atoms with Gasteiger partial charge in [0.25, 0.3) is 0 Å². The summed E-state index contributed by atoms with van der Waals surface area (Å²) in [5.74, 6) is 0.793. The predicted molar refractivity (Wildman–Crippen MR) is 83.5 cm³/mol. The summed E-state index contributed by atoms with van der Waals surface area (Å²) >= 11 is 0. The molecule has 112 valence electrons. The van der Waals surface area contributed by atoms with E-state index in [1.807, 2.05) is 0 Å². The molecule has 2 rings (SSSR count). The van der Waals surface area contributed by atoms with Gasteiger partial charge in [-0.05, 0) is 50.1 Å². The van der Waals surface area contributed by atoms with Crippen LogP contribution < -0.4 is 5.32 Å². The van der Waals surface area contributed by atoms with Gasteiger partial charge >= 0.3 is 0 Å². The van der Waals surface area contributed by atoms with Crippen molar-refractivity contribution in [3.8, 4) is 0 Å². The number of nitrogens with one attached hydrogen (secondary N) is 1. The SMILES string of the molecule is CCC1CCN(CC2(C)CCCCC2)CC(C)CN1. The minimum atomic E-state index is 0.603. The summed E-state index contributed by atoms with van der Waals surface area (Å²) in [6.45, 7) is 12.4. The first kappa shape index (κ1) is 15.3. The van der Waals surface area contributed by atoms with Crippen molar-refractivity contribution in [3.05, 3.63) is 0 Å². The molecule has 1 N–H and O–H groups in total. The van der Waals surface area contributed by atoms with Crippen molar-refractivity contribution < 1.29 is 0 Å². The van der Waals surface area contributed by atoms with Gasteiger partial charge < -0.3 is 10.2 Å². The van der Waals surface area contributed by atoms with E-state index in [4.69, 9.17) is 0 Å². The second-order valence-electron chi connectivity index (χ2n) is 7.51. The summed E-state index contributed by atoms with van der Waals surface area (Å²) in [6.07, 6.45) is 9.89. The lowest BCUT2D eigenvalue weighted by molar-refractivity contribution is 0.0987. The molecule has 0 spiro atoms. The Hall–Kier alpha value is -0.0800. The monoisotopic (exact) mass is 266 g/mol. The molecule has 1 saturated heterocycles. The third-order valence-electron chi connectivity index (χ3n) is 5.28. The van der Waals surface area contributed by atoms with Crippen molar-refractivity contribution in [1.29, 1.82) is 0 Å². The van der Waals surface area contributed by atoms with E-state index >= 15 is 0 Å². The van der Waals surface area contributed by atoms with Crippen LogP contribution in [-0.2, 0) is 0 Å². The van der Waals surface area contributed by atoms with Gasteiger partial charge in [-0.15, -0.1) is 0 Å². The Morgan fingerprint density at radius 3 is 2.63 bits per heavy atom. The number of rotatable bonds is 3. The first-order valence-electron chi connectivity index (χ1n) is 8.57. The van der Waals surface area contributed by atoms with E-state index in [-0.39, 0.29) is 0 Å². The maximum absolute atomic E-state index is 3.73. The van der Waals surface area contributed by atoms with E-state index in [0.717, 1.165) is 12.0 Å². The fraction of sp³-hybridized carbons (Fsp3) is 1.00. The number of nitrogens with zero attached hydrogens (tertiary/aromatic N) is 1. The molecule has 2 heteroatoms. The molecule has 2 nitrogen and oxygen atoms in total. The Kier molecular flexibility index (Phi) is 5.70. The Morgan fingerprint density at radius 2 is 1.95 bits per heavy atom. The molecule has 0 amide bonds. The largest absolute Gasteiger partial charge is 0.314 e. The van der Waals surface area contributed by atoms with E-state index in [0.29, 0.717) is 5.41 Å². The maximum atomic E-state index is 3.73. The molecular weight excluding hydrogens is 232 g/mol. The van der Waals surface area contributed by atoms with Gasteiger partial charge in [0, 0.05) is 19.1 Å². The summed E-state index contributed by atoms with van der Waals surface area (Å²) < 4.78 is 0. The highest BCUT2D eigenvalue weighted by Gasteiger charge is 2.30. The third-order valence-corrected chi connectivity index (χ3v) is 5.28. The van der Waals surface area contributed by atoms with Gasteiger partial charge in [-0.3, -0.25) is 0 Å². The van der Waals surface area contributed by atoms with Crippen molar-refractivity contribution in [3.63, 3.8) is 0 Å². The average Bonchev–Trinajstić information content (AvgIpc) is 2.37. The lowest BCUT2D eigenvalue weighted by Gasteiger charge is -2.41. The van der Waals surface area contributed by atoms with E-state index in [1.165, 1.54) is 71.1 Å². The highest BCUT2D eigenvalue weighted by atomic mass is 15.1. The maximum Gasteiger partial charge on any atom is 0.00767 e. The van der Waals surface area contributed by atoms with Crippen LogP contribution >= 0.6 is 0 Å². The third kappa shape index (κ3) is 4.75. The summed E-state index contributed by atoms with van der Waals surface area (Å²) in [7, 11) is 0. The zero-order valence-electron chi connectivity index (χ0n) is 13.4. The van der Waals surface area contributed by atoms with Crippen LogP contribution in [0.2, 0.25) is 0 Å². The molecule has 1 saturated carbocycles. The molecule has 2 aliphatic rings. The van der Waals surface area contributed by atoms with Crippen LogP contribution in [-0.4, -0.2) is 37.1 Å². The molecule has 1 aliphatic heterocycles. The molecule has 0 bridgehead atoms. The van der Waals surface area contributed by atoms with Crippen molar-refractivity contribution in [2.45, 2.75) is 71.8 Å². The molecule has 1 aliphatic carbocycles. The molecule has 2 atom stereocenters. The van der Waals surface area contributed by atoms with Crippen molar-refractivity contribution in [1.82, 2.24) is 10.2 Å². The van der Waals surface area contributed by atoms with Gasteiger partial charge in [-0.1, -0.05) is 40.0 Å². The molecule has 19 heavy (non-hydrogen) atoms. The Labute approximate surface area is 120 Å². The first-order valence-corrected chi connectivity index (χ1v) is 8.57. The van der Waals surface area contributed by atoms with Gasteiger partial charge in [0.05, 0.1) is 0 Å². The summed E-state index contributed by atoms with van der Waals surface area (Å²) in [6, 6.07) is 0.740. The average molecular weight is 266 g/mol. The van der Waals surface area contributed by atoms with E-state index < -0.39 is 0 Å². The van der Waals surface area contributed by atoms with Crippen LogP contribution in [0.25, 0.3) is 0 Å². The standard InChI is InChI=1S/C17H34N2/c1-4-16-8-11-19(13-15(2)12-18-16)14-17(3)9-6-5-7-10-17/h15-16,18H,4-14H2,1-3H3. The van der Waals surface area contributed by atoms with Crippen LogP contribution in [0.5, 0.6) is 0 Å². The second-order valence-corrected chi connectivity index (χ2v) is 7.51. The van der Waals surface area contributed by atoms with Crippen LogP contribution in [0, 0.1) is 11.3 Å². The van der Waals surface area contributed by atoms with Crippen molar-refractivity contribution in [2.24, 2.45) is 11.3 Å². The number of hydrogen-bond acceptors (Lipinski definition) is 2. The summed E-state index contributed by atoms with van der Waals surface area (Å²) in [5, 5.41) is 3.73. The van der Waals surface area contributed by atoms with Crippen molar-refractivity contribution >= 4 is 0 Å². The zero-order chi connectivity index (χ0) is 13.7. The minimum absolute atomic E-state index is 0.603. The summed E-state index contributed by atoms with van der Waals surface area (Å²) in [5.41, 5.74) is 0.603. The molecule has 0 aromatic carbocycles. The van der Waals surface area contributed by atoms with Crippen molar-refractivity contribution in [2.75, 3.05) is 26.2 Å². The zero-order valence-corrected chi connectivity index (χ0v) is 13.4. The van der Waals surface area contributed by atoms with Gasteiger partial charge in [-0.25, -0.2) is 0 Å².